The van der Waals surface area contributed by atoms with Gasteiger partial charge in [0.05, 0.1) is 54.2 Å². The molecule has 5 aliphatic heterocycles. The van der Waals surface area contributed by atoms with Crippen molar-refractivity contribution in [3.05, 3.63) is 33.4 Å². The molecule has 0 radical (unpaired) electrons. The van der Waals surface area contributed by atoms with Crippen molar-refractivity contribution in [1.82, 2.24) is 0 Å². The van der Waals surface area contributed by atoms with Gasteiger partial charge in [-0.05, 0) is 20.8 Å². The number of aliphatic hydroxyl groups is 3. The Hall–Kier alpha value is -2.91. The van der Waals surface area contributed by atoms with E-state index in [1.54, 1.807) is 13.8 Å². The van der Waals surface area contributed by atoms with E-state index in [4.69, 9.17) is 23.7 Å². The van der Waals surface area contributed by atoms with E-state index < -0.39 is 107 Å². The number of Topliss-reactive ketones (excluding diaryl/α,β-unsaturated/α-hetero) is 2. The normalized spacial score (nSPS) is 42.9. The van der Waals surface area contributed by atoms with Crippen LogP contribution in [0.5, 0.6) is 11.5 Å². The third-order valence-corrected chi connectivity index (χ3v) is 9.37. The molecule has 220 valence electrons. The van der Waals surface area contributed by atoms with Gasteiger partial charge in [0, 0.05) is 35.1 Å². The second-order valence-electron chi connectivity index (χ2n) is 11.7. The number of phenolic OH excluding ortho intramolecular Hbond substituents is 2. The molecule has 13 nitrogen and oxygen atoms in total. The molecule has 3 saturated heterocycles. The monoisotopic (exact) mass is 574 g/mol. The first kappa shape index (κ1) is 27.0. The Morgan fingerprint density at radius 2 is 1.59 bits per heavy atom. The molecule has 8 rings (SSSR count). The molecule has 41 heavy (non-hydrogen) atoms. The highest BCUT2D eigenvalue weighted by atomic mass is 16.7. The van der Waals surface area contributed by atoms with Gasteiger partial charge in [0.15, 0.2) is 24.0 Å². The Balaban J connectivity index is 1.33. The number of aliphatic hydroxyl groups excluding tert-OH is 2. The Labute approximate surface area is 233 Å². The predicted molar refractivity (Wildman–Crippen MR) is 132 cm³/mol. The molecule has 5 heterocycles. The molecule has 2 bridgehead atoms. The van der Waals surface area contributed by atoms with Crippen LogP contribution in [0.2, 0.25) is 0 Å². The zero-order valence-corrected chi connectivity index (χ0v) is 22.4. The van der Waals surface area contributed by atoms with Crippen LogP contribution in [0.15, 0.2) is 11.1 Å². The summed E-state index contributed by atoms with van der Waals surface area (Å²) >= 11 is 0. The zero-order chi connectivity index (χ0) is 29.3. The molecule has 13 heteroatoms. The molecule has 7 aliphatic rings. The van der Waals surface area contributed by atoms with Gasteiger partial charge in [-0.2, -0.15) is 0 Å². The van der Waals surface area contributed by atoms with Crippen molar-refractivity contribution in [3.63, 3.8) is 0 Å². The number of phenols is 2. The second kappa shape index (κ2) is 8.80. The third-order valence-electron chi connectivity index (χ3n) is 9.37. The summed E-state index contributed by atoms with van der Waals surface area (Å²) in [6.45, 7) is 4.67. The quantitative estimate of drug-likeness (QED) is 0.240. The van der Waals surface area contributed by atoms with E-state index >= 15 is 0 Å². The minimum atomic E-state index is -2.16. The van der Waals surface area contributed by atoms with Gasteiger partial charge in [0.1, 0.15) is 29.3 Å². The molecule has 0 spiro atoms. The third kappa shape index (κ3) is 3.45. The number of esters is 1. The van der Waals surface area contributed by atoms with Gasteiger partial charge in [-0.25, -0.2) is 0 Å². The average molecular weight is 575 g/mol. The van der Waals surface area contributed by atoms with Gasteiger partial charge in [-0.1, -0.05) is 0 Å². The standard InChI is InChI=1S/C28H30O13/c1-7-16-20(27-12(37-7)6-14(30)41-27)25(34)18-19(23(16)32)26(35)21-17(24(18)33)11-5-13(28(21,36)9(3)39-11)40-15-4-10(29)22(31)8(2)38-15/h7-13,15,22,27,29,31-32,34,36H,4-6H2,1-3H3/t7-,8?,9?,10?,11?,12?,13?,15?,22?,27?,28?/m0/s1. The van der Waals surface area contributed by atoms with Crippen molar-refractivity contribution >= 4 is 17.5 Å². The smallest absolute Gasteiger partial charge is 0.309 e. The molecule has 3 fully saturated rings. The maximum atomic E-state index is 14.2. The molecule has 2 aliphatic carbocycles. The second-order valence-corrected chi connectivity index (χ2v) is 11.7. The number of fused-ring (bicyclic) bond motifs is 6. The van der Waals surface area contributed by atoms with Crippen molar-refractivity contribution in [2.24, 2.45) is 0 Å². The van der Waals surface area contributed by atoms with Crippen molar-refractivity contribution in [1.29, 1.82) is 0 Å². The van der Waals surface area contributed by atoms with Crippen molar-refractivity contribution in [3.8, 4) is 11.5 Å². The fraction of sp³-hybridized carbons (Fsp3) is 0.607. The number of carbonyl (C=O) groups excluding carboxylic acids is 3. The summed E-state index contributed by atoms with van der Waals surface area (Å²) in [7, 11) is 0. The van der Waals surface area contributed by atoms with Crippen molar-refractivity contribution in [2.45, 2.75) is 107 Å². The molecule has 1 aromatic rings. The lowest BCUT2D eigenvalue weighted by Crippen LogP contribution is -2.67. The van der Waals surface area contributed by atoms with E-state index in [1.165, 1.54) is 6.92 Å². The van der Waals surface area contributed by atoms with E-state index in [1.807, 2.05) is 0 Å². The molecule has 0 amide bonds. The van der Waals surface area contributed by atoms with Crippen LogP contribution in [0.3, 0.4) is 0 Å². The highest BCUT2D eigenvalue weighted by Gasteiger charge is 2.64. The zero-order valence-electron chi connectivity index (χ0n) is 22.4. The summed E-state index contributed by atoms with van der Waals surface area (Å²) in [5.41, 5.74) is -3.52. The number of ketones is 2. The fourth-order valence-electron chi connectivity index (χ4n) is 7.38. The molecule has 0 aromatic heterocycles. The van der Waals surface area contributed by atoms with Crippen LogP contribution in [-0.4, -0.2) is 97.7 Å². The van der Waals surface area contributed by atoms with Gasteiger partial charge in [0.25, 0.3) is 0 Å². The maximum Gasteiger partial charge on any atom is 0.309 e. The summed E-state index contributed by atoms with van der Waals surface area (Å²) in [6, 6.07) is 0. The van der Waals surface area contributed by atoms with Gasteiger partial charge >= 0.3 is 5.97 Å². The first-order chi connectivity index (χ1) is 19.3. The van der Waals surface area contributed by atoms with E-state index in [2.05, 4.69) is 0 Å². The molecule has 5 N–H and O–H groups in total. The van der Waals surface area contributed by atoms with Crippen LogP contribution in [0.4, 0.5) is 0 Å². The Bertz CT molecular complexity index is 1420. The van der Waals surface area contributed by atoms with Crippen LogP contribution in [0, 0.1) is 0 Å². The molecular formula is C28H30O13. The van der Waals surface area contributed by atoms with Crippen LogP contribution in [-0.2, 0) is 28.5 Å². The minimum Gasteiger partial charge on any atom is -0.507 e. The fourth-order valence-corrected chi connectivity index (χ4v) is 7.38. The van der Waals surface area contributed by atoms with E-state index in [-0.39, 0.29) is 41.5 Å². The maximum absolute atomic E-state index is 14.2. The first-order valence-corrected chi connectivity index (χ1v) is 13.7. The van der Waals surface area contributed by atoms with Crippen molar-refractivity contribution in [2.75, 3.05) is 0 Å². The van der Waals surface area contributed by atoms with Gasteiger partial charge in [-0.15, -0.1) is 0 Å². The summed E-state index contributed by atoms with van der Waals surface area (Å²) in [6.07, 6.45) is -10.1. The summed E-state index contributed by atoms with van der Waals surface area (Å²) in [5, 5.41) is 55.2. The lowest BCUT2D eigenvalue weighted by Gasteiger charge is -2.54. The lowest BCUT2D eigenvalue weighted by molar-refractivity contribution is -0.302. The Morgan fingerprint density at radius 1 is 0.902 bits per heavy atom. The average Bonchev–Trinajstić information content (AvgIpc) is 3.27. The number of benzene rings is 1. The van der Waals surface area contributed by atoms with Gasteiger partial charge in [-0.3, -0.25) is 14.4 Å². The van der Waals surface area contributed by atoms with Crippen molar-refractivity contribution < 1.29 is 63.6 Å². The van der Waals surface area contributed by atoms with Crippen LogP contribution in [0.1, 0.15) is 84.1 Å². The summed E-state index contributed by atoms with van der Waals surface area (Å²) in [4.78, 5) is 40.2. The van der Waals surface area contributed by atoms with E-state index in [0.717, 1.165) is 0 Å². The van der Waals surface area contributed by atoms with Gasteiger partial charge in [0.2, 0.25) is 0 Å². The van der Waals surface area contributed by atoms with Crippen LogP contribution < -0.4 is 0 Å². The first-order valence-electron chi connectivity index (χ1n) is 13.7. The van der Waals surface area contributed by atoms with E-state index in [0.29, 0.717) is 0 Å². The molecule has 0 saturated carbocycles. The molecule has 11 atom stereocenters. The number of aromatic hydroxyl groups is 2. The highest BCUT2D eigenvalue weighted by Crippen LogP contribution is 2.57. The number of rotatable bonds is 2. The lowest BCUT2D eigenvalue weighted by atomic mass is 9.63. The van der Waals surface area contributed by atoms with Crippen LogP contribution >= 0.6 is 0 Å². The molecular weight excluding hydrogens is 544 g/mol. The van der Waals surface area contributed by atoms with Gasteiger partial charge < -0.3 is 49.2 Å². The Kier molecular flexibility index (Phi) is 5.79. The molecule has 10 unspecified atom stereocenters. The number of hydrogen-bond acceptors (Lipinski definition) is 13. The summed E-state index contributed by atoms with van der Waals surface area (Å²) in [5.74, 6) is -3.46. The highest BCUT2D eigenvalue weighted by molar-refractivity contribution is 6.30. The Morgan fingerprint density at radius 3 is 2.29 bits per heavy atom. The van der Waals surface area contributed by atoms with E-state index in [9.17, 15) is 39.9 Å². The number of carbonyl (C=O) groups is 3. The topological polar surface area (TPSA) is 199 Å². The van der Waals surface area contributed by atoms with Crippen LogP contribution in [0.25, 0.3) is 0 Å². The predicted octanol–water partition coefficient (Wildman–Crippen LogP) is 0.385. The minimum absolute atomic E-state index is 0.0144. The number of ether oxygens (including phenoxy) is 5. The summed E-state index contributed by atoms with van der Waals surface area (Å²) < 4.78 is 28.9. The molecule has 1 aromatic carbocycles. The largest absolute Gasteiger partial charge is 0.507 e. The SMILES string of the molecule is CC1OC(OC2CC3OC(C)C2(O)C2=C3C(=O)c3c(O)c4c(c(O)c3C2=O)[C@H](C)OC2CC(=O)OC42)CC(O)C1O. The number of hydrogen-bond donors (Lipinski definition) is 5.